The number of nitrogens with zero attached hydrogens (tertiary/aromatic N) is 5. The molecule has 1 aliphatic heterocycles. The van der Waals surface area contributed by atoms with E-state index in [1.165, 1.54) is 4.90 Å². The van der Waals surface area contributed by atoms with Crippen LogP contribution in [-0.2, 0) is 13.6 Å². The molecule has 27 heavy (non-hydrogen) atoms. The van der Waals surface area contributed by atoms with E-state index in [9.17, 15) is 13.2 Å². The molecule has 0 aliphatic carbocycles. The first-order chi connectivity index (χ1) is 12.3. The molecule has 0 spiro atoms. The van der Waals surface area contributed by atoms with Crippen LogP contribution in [0.1, 0.15) is 37.8 Å². The maximum absolute atomic E-state index is 12.5. The van der Waals surface area contributed by atoms with Crippen molar-refractivity contribution in [2.45, 2.75) is 51.9 Å². The number of rotatable bonds is 7. The van der Waals surface area contributed by atoms with Gasteiger partial charge in [-0.05, 0) is 19.8 Å². The monoisotopic (exact) mass is 503 g/mol. The number of unbranched alkanes of at least 4 members (excludes halogenated alkanes) is 1. The molecule has 2 rings (SSSR count). The number of nitrogens with one attached hydrogen (secondary N) is 2. The fourth-order valence-corrected chi connectivity index (χ4v) is 2.82. The largest absolute Gasteiger partial charge is 0.401 e. The molecule has 0 aromatic carbocycles. The van der Waals surface area contributed by atoms with Crippen molar-refractivity contribution >= 4 is 29.9 Å². The minimum absolute atomic E-state index is 0. The Morgan fingerprint density at radius 3 is 2.67 bits per heavy atom. The Bertz CT molecular complexity index is 603. The van der Waals surface area contributed by atoms with Crippen molar-refractivity contribution in [1.29, 1.82) is 0 Å². The number of guanidine groups is 1. The number of aryl methyl sites for hydroxylation is 1. The standard InChI is InChI=1S/C16H28F3N7.HI/c1-4-5-7-20-15(21-9-14-24-23-12(2)25(14)3)22-13-6-8-26(10-13)11-16(17,18)19;/h13H,4-11H2,1-3H3,(H2,20,21,22);1H. The molecule has 0 bridgehead atoms. The number of halogens is 4. The van der Waals surface area contributed by atoms with Gasteiger partial charge in [0.1, 0.15) is 12.4 Å². The Morgan fingerprint density at radius 2 is 2.07 bits per heavy atom. The molecule has 1 saturated heterocycles. The number of aromatic nitrogens is 3. The Morgan fingerprint density at radius 1 is 1.33 bits per heavy atom. The van der Waals surface area contributed by atoms with Crippen molar-refractivity contribution in [2.75, 3.05) is 26.2 Å². The van der Waals surface area contributed by atoms with Gasteiger partial charge in [-0.2, -0.15) is 13.2 Å². The summed E-state index contributed by atoms with van der Waals surface area (Å²) in [6, 6.07) is -0.0496. The van der Waals surface area contributed by atoms with Gasteiger partial charge in [0.05, 0.1) is 6.54 Å². The number of alkyl halides is 3. The zero-order valence-electron chi connectivity index (χ0n) is 16.0. The van der Waals surface area contributed by atoms with Gasteiger partial charge in [0, 0.05) is 32.7 Å². The highest BCUT2D eigenvalue weighted by atomic mass is 127. The van der Waals surface area contributed by atoms with Crippen LogP contribution in [0.3, 0.4) is 0 Å². The van der Waals surface area contributed by atoms with E-state index in [0.717, 1.165) is 31.0 Å². The third-order valence-corrected chi connectivity index (χ3v) is 4.40. The lowest BCUT2D eigenvalue weighted by atomic mass is 10.3. The first-order valence-corrected chi connectivity index (χ1v) is 8.97. The second kappa shape index (κ2) is 11.0. The molecule has 2 heterocycles. The SMILES string of the molecule is CCCCNC(=NCc1nnc(C)n1C)NC1CCN(CC(F)(F)F)C1.I. The fraction of sp³-hybridized carbons (Fsp3) is 0.812. The molecule has 0 saturated carbocycles. The summed E-state index contributed by atoms with van der Waals surface area (Å²) in [5.74, 6) is 2.16. The van der Waals surface area contributed by atoms with E-state index >= 15 is 0 Å². The highest BCUT2D eigenvalue weighted by molar-refractivity contribution is 14.0. The molecule has 1 aliphatic rings. The lowest BCUT2D eigenvalue weighted by Crippen LogP contribution is -2.45. The lowest BCUT2D eigenvalue weighted by molar-refractivity contribution is -0.143. The Labute approximate surface area is 175 Å². The van der Waals surface area contributed by atoms with Gasteiger partial charge < -0.3 is 15.2 Å². The zero-order chi connectivity index (χ0) is 19.2. The van der Waals surface area contributed by atoms with Gasteiger partial charge in [-0.1, -0.05) is 13.3 Å². The smallest absolute Gasteiger partial charge is 0.356 e. The molecule has 1 unspecified atom stereocenters. The van der Waals surface area contributed by atoms with Crippen LogP contribution in [0.5, 0.6) is 0 Å². The fourth-order valence-electron chi connectivity index (χ4n) is 2.82. The van der Waals surface area contributed by atoms with Crippen LogP contribution in [0.4, 0.5) is 13.2 Å². The second-order valence-electron chi connectivity index (χ2n) is 6.65. The molecule has 156 valence electrons. The topological polar surface area (TPSA) is 70.4 Å². The van der Waals surface area contributed by atoms with E-state index < -0.39 is 12.7 Å². The van der Waals surface area contributed by atoms with Crippen LogP contribution >= 0.6 is 24.0 Å². The van der Waals surface area contributed by atoms with Crippen LogP contribution in [-0.4, -0.2) is 64.0 Å². The molecule has 1 aromatic heterocycles. The third kappa shape index (κ3) is 8.20. The van der Waals surface area contributed by atoms with E-state index in [0.29, 0.717) is 32.0 Å². The van der Waals surface area contributed by atoms with Crippen molar-refractivity contribution in [3.8, 4) is 0 Å². The van der Waals surface area contributed by atoms with Crippen molar-refractivity contribution < 1.29 is 13.2 Å². The van der Waals surface area contributed by atoms with Gasteiger partial charge in [0.15, 0.2) is 11.8 Å². The zero-order valence-corrected chi connectivity index (χ0v) is 18.3. The molecule has 7 nitrogen and oxygen atoms in total. The summed E-state index contributed by atoms with van der Waals surface area (Å²) in [4.78, 5) is 5.96. The molecule has 1 fully saturated rings. The van der Waals surface area contributed by atoms with E-state index in [1.54, 1.807) is 0 Å². The minimum atomic E-state index is -4.16. The molecule has 1 aromatic rings. The third-order valence-electron chi connectivity index (χ3n) is 4.40. The molecule has 2 N–H and O–H groups in total. The minimum Gasteiger partial charge on any atom is -0.356 e. The van der Waals surface area contributed by atoms with Gasteiger partial charge in [-0.15, -0.1) is 34.2 Å². The highest BCUT2D eigenvalue weighted by Gasteiger charge is 2.34. The van der Waals surface area contributed by atoms with Gasteiger partial charge in [0.2, 0.25) is 0 Å². The van der Waals surface area contributed by atoms with Crippen molar-refractivity contribution in [3.05, 3.63) is 11.6 Å². The summed E-state index contributed by atoms with van der Waals surface area (Å²) in [5.41, 5.74) is 0. The van der Waals surface area contributed by atoms with Crippen molar-refractivity contribution in [2.24, 2.45) is 12.0 Å². The van der Waals surface area contributed by atoms with Gasteiger partial charge in [-0.25, -0.2) is 4.99 Å². The molecule has 1 atom stereocenters. The Balaban J connectivity index is 0.00000364. The second-order valence-corrected chi connectivity index (χ2v) is 6.65. The maximum Gasteiger partial charge on any atom is 0.401 e. The summed E-state index contributed by atoms with van der Waals surface area (Å²) in [7, 11) is 1.88. The maximum atomic E-state index is 12.5. The van der Waals surface area contributed by atoms with E-state index in [4.69, 9.17) is 0 Å². The van der Waals surface area contributed by atoms with Crippen LogP contribution in [0.25, 0.3) is 0 Å². The van der Waals surface area contributed by atoms with Gasteiger partial charge >= 0.3 is 6.18 Å². The average Bonchev–Trinajstić information content (AvgIpc) is 3.11. The number of hydrogen-bond donors (Lipinski definition) is 2. The molecular formula is C16H29F3IN7. The van der Waals surface area contributed by atoms with Crippen LogP contribution in [0, 0.1) is 6.92 Å². The van der Waals surface area contributed by atoms with Crippen molar-refractivity contribution in [1.82, 2.24) is 30.3 Å². The summed E-state index contributed by atoms with van der Waals surface area (Å²) in [5, 5.41) is 14.6. The Hall–Kier alpha value is -1.11. The van der Waals surface area contributed by atoms with Crippen LogP contribution < -0.4 is 10.6 Å². The van der Waals surface area contributed by atoms with Gasteiger partial charge in [-0.3, -0.25) is 4.90 Å². The molecular weight excluding hydrogens is 474 g/mol. The summed E-state index contributed by atoms with van der Waals surface area (Å²) >= 11 is 0. The summed E-state index contributed by atoms with van der Waals surface area (Å²) in [6.07, 6.45) is -1.46. The number of hydrogen-bond acceptors (Lipinski definition) is 4. The predicted octanol–water partition coefficient (Wildman–Crippen LogP) is 2.21. The molecule has 0 amide bonds. The highest BCUT2D eigenvalue weighted by Crippen LogP contribution is 2.19. The van der Waals surface area contributed by atoms with E-state index in [-0.39, 0.29) is 30.0 Å². The van der Waals surface area contributed by atoms with E-state index in [2.05, 4.69) is 32.7 Å². The van der Waals surface area contributed by atoms with Crippen LogP contribution in [0.15, 0.2) is 4.99 Å². The van der Waals surface area contributed by atoms with Crippen molar-refractivity contribution in [3.63, 3.8) is 0 Å². The first kappa shape index (κ1) is 23.9. The first-order valence-electron chi connectivity index (χ1n) is 8.97. The average molecular weight is 503 g/mol. The quantitative estimate of drug-likeness (QED) is 0.259. The Kier molecular flexibility index (Phi) is 9.77. The van der Waals surface area contributed by atoms with Gasteiger partial charge in [0.25, 0.3) is 0 Å². The molecule has 0 radical (unpaired) electrons. The van der Waals surface area contributed by atoms with Crippen LogP contribution in [0.2, 0.25) is 0 Å². The summed E-state index contributed by atoms with van der Waals surface area (Å²) in [6.45, 7) is 5.02. The predicted molar refractivity (Wildman–Crippen MR) is 109 cm³/mol. The summed E-state index contributed by atoms with van der Waals surface area (Å²) < 4.78 is 39.5. The number of likely N-dealkylation sites (tertiary alicyclic amines) is 1. The lowest BCUT2D eigenvalue weighted by Gasteiger charge is -2.20. The normalized spacial score (nSPS) is 18.4. The molecule has 11 heteroatoms. The number of aliphatic imine (C=N–C) groups is 1. The van der Waals surface area contributed by atoms with E-state index in [1.807, 2.05) is 18.5 Å².